The van der Waals surface area contributed by atoms with Gasteiger partial charge in [-0.05, 0) is 38.1 Å². The van der Waals surface area contributed by atoms with E-state index in [1.807, 2.05) is 0 Å². The molecule has 0 saturated carbocycles. The van der Waals surface area contributed by atoms with Gasteiger partial charge in [0.05, 0.1) is 0 Å². The minimum absolute atomic E-state index is 0. The van der Waals surface area contributed by atoms with Crippen molar-refractivity contribution in [3.8, 4) is 5.75 Å². The van der Waals surface area contributed by atoms with Gasteiger partial charge in [0.15, 0.2) is 5.60 Å². The van der Waals surface area contributed by atoms with E-state index in [1.54, 1.807) is 24.3 Å². The molecular formula is C10H11CaClO3. The quantitative estimate of drug-likeness (QED) is 0.842. The fourth-order valence-electron chi connectivity index (χ4n) is 0.841. The number of carbonyl (C=O) groups is 1. The summed E-state index contributed by atoms with van der Waals surface area (Å²) < 4.78 is 5.26. The number of rotatable bonds is 3. The second-order valence-electron chi connectivity index (χ2n) is 3.37. The Morgan fingerprint density at radius 2 is 1.80 bits per heavy atom. The molecule has 1 rings (SSSR count). The van der Waals surface area contributed by atoms with Crippen LogP contribution in [0.1, 0.15) is 13.8 Å². The molecule has 1 N–H and O–H groups in total. The number of ether oxygens (including phenoxy) is 1. The Morgan fingerprint density at radius 1 is 1.33 bits per heavy atom. The summed E-state index contributed by atoms with van der Waals surface area (Å²) >= 11 is 5.67. The molecule has 0 saturated heterocycles. The van der Waals surface area contributed by atoms with Crippen molar-refractivity contribution in [2.45, 2.75) is 19.4 Å². The fraction of sp³-hybridized carbons (Fsp3) is 0.300. The Labute approximate surface area is 123 Å². The van der Waals surface area contributed by atoms with E-state index in [0.717, 1.165) is 0 Å². The van der Waals surface area contributed by atoms with Crippen molar-refractivity contribution in [3.63, 3.8) is 0 Å². The molecule has 0 bridgehead atoms. The van der Waals surface area contributed by atoms with Crippen LogP contribution in [0.5, 0.6) is 5.75 Å². The molecule has 2 radical (unpaired) electrons. The molecule has 3 nitrogen and oxygen atoms in total. The molecule has 0 aliphatic rings. The van der Waals surface area contributed by atoms with E-state index in [4.69, 9.17) is 21.4 Å². The van der Waals surface area contributed by atoms with Crippen LogP contribution in [0.25, 0.3) is 0 Å². The second-order valence-corrected chi connectivity index (χ2v) is 3.81. The first-order chi connectivity index (χ1) is 6.42. The molecule has 0 aliphatic heterocycles. The van der Waals surface area contributed by atoms with Crippen LogP contribution in [0.4, 0.5) is 0 Å². The number of halogens is 1. The topological polar surface area (TPSA) is 46.5 Å². The maximum Gasteiger partial charge on any atom is 0.347 e. The van der Waals surface area contributed by atoms with Crippen LogP contribution in [0.3, 0.4) is 0 Å². The molecule has 0 aromatic heterocycles. The summed E-state index contributed by atoms with van der Waals surface area (Å²) in [5.74, 6) is -0.519. The van der Waals surface area contributed by atoms with Crippen molar-refractivity contribution < 1.29 is 14.6 Å². The second kappa shape index (κ2) is 5.94. The Bertz CT molecular complexity index is 335. The van der Waals surface area contributed by atoms with Gasteiger partial charge in [0, 0.05) is 42.8 Å². The van der Waals surface area contributed by atoms with Crippen LogP contribution in [-0.2, 0) is 4.79 Å². The van der Waals surface area contributed by atoms with Gasteiger partial charge >= 0.3 is 5.97 Å². The van der Waals surface area contributed by atoms with Crippen molar-refractivity contribution in [2.75, 3.05) is 0 Å². The van der Waals surface area contributed by atoms with Crippen LogP contribution in [0.2, 0.25) is 5.02 Å². The molecule has 78 valence electrons. The molecule has 0 atom stereocenters. The molecule has 15 heavy (non-hydrogen) atoms. The molecule has 0 aliphatic carbocycles. The number of carboxylic acid groups (broad SMARTS) is 1. The van der Waals surface area contributed by atoms with Crippen molar-refractivity contribution >= 4 is 55.3 Å². The summed E-state index contributed by atoms with van der Waals surface area (Å²) in [6, 6.07) is 6.56. The molecule has 0 unspecified atom stereocenters. The van der Waals surface area contributed by atoms with Gasteiger partial charge in [0.1, 0.15) is 5.75 Å². The van der Waals surface area contributed by atoms with E-state index < -0.39 is 11.6 Å². The largest absolute Gasteiger partial charge is 0.478 e. The zero-order chi connectivity index (χ0) is 10.8. The van der Waals surface area contributed by atoms with Crippen molar-refractivity contribution in [1.82, 2.24) is 0 Å². The molecule has 5 heteroatoms. The Hall–Kier alpha value is 0.0397. The van der Waals surface area contributed by atoms with E-state index >= 15 is 0 Å². The summed E-state index contributed by atoms with van der Waals surface area (Å²) in [6.45, 7) is 2.98. The minimum Gasteiger partial charge on any atom is -0.478 e. The van der Waals surface area contributed by atoms with Crippen LogP contribution >= 0.6 is 11.6 Å². The van der Waals surface area contributed by atoms with Crippen LogP contribution in [0, 0.1) is 0 Å². The van der Waals surface area contributed by atoms with Gasteiger partial charge in [-0.15, -0.1) is 0 Å². The van der Waals surface area contributed by atoms with Crippen LogP contribution in [-0.4, -0.2) is 54.4 Å². The van der Waals surface area contributed by atoms with Crippen LogP contribution in [0.15, 0.2) is 24.3 Å². The summed E-state index contributed by atoms with van der Waals surface area (Å²) in [4.78, 5) is 10.7. The van der Waals surface area contributed by atoms with Crippen molar-refractivity contribution in [1.29, 1.82) is 0 Å². The maximum absolute atomic E-state index is 10.7. The zero-order valence-corrected chi connectivity index (χ0v) is 11.6. The fourth-order valence-corrected chi connectivity index (χ4v) is 0.967. The zero-order valence-electron chi connectivity index (χ0n) is 8.66. The average Bonchev–Trinajstić information content (AvgIpc) is 2.08. The summed E-state index contributed by atoms with van der Waals surface area (Å²) in [6.07, 6.45) is 0. The third kappa shape index (κ3) is 4.60. The molecule has 0 fully saturated rings. The van der Waals surface area contributed by atoms with Gasteiger partial charge < -0.3 is 9.84 Å². The standard InChI is InChI=1S/C10H11ClO3.Ca/c1-10(2,9(12)13)14-8-5-3-7(11)4-6-8;/h3-6H,1-2H3,(H,12,13);. The Kier molecular flexibility index (Phi) is 5.96. The molecule has 0 heterocycles. The van der Waals surface area contributed by atoms with Gasteiger partial charge in [0.2, 0.25) is 0 Å². The van der Waals surface area contributed by atoms with E-state index in [2.05, 4.69) is 0 Å². The van der Waals surface area contributed by atoms with Crippen molar-refractivity contribution in [2.24, 2.45) is 0 Å². The molecule has 1 aromatic carbocycles. The normalized spacial score (nSPS) is 10.3. The Morgan fingerprint density at radius 3 is 2.20 bits per heavy atom. The van der Waals surface area contributed by atoms with E-state index in [-0.39, 0.29) is 37.7 Å². The summed E-state index contributed by atoms with van der Waals surface area (Å²) in [5.41, 5.74) is -1.23. The predicted molar refractivity (Wildman–Crippen MR) is 59.5 cm³/mol. The SMILES string of the molecule is CC(C)(Oc1ccc(Cl)cc1)C(=O)O.[Ca]. The number of benzene rings is 1. The first-order valence-electron chi connectivity index (χ1n) is 4.10. The van der Waals surface area contributed by atoms with E-state index in [1.165, 1.54) is 13.8 Å². The van der Waals surface area contributed by atoms with Gasteiger partial charge in [-0.1, -0.05) is 11.6 Å². The first-order valence-corrected chi connectivity index (χ1v) is 4.47. The minimum atomic E-state index is -1.23. The number of hydrogen-bond acceptors (Lipinski definition) is 2. The van der Waals surface area contributed by atoms with E-state index in [9.17, 15) is 4.79 Å². The predicted octanol–water partition coefficient (Wildman–Crippen LogP) is 2.20. The third-order valence-electron chi connectivity index (χ3n) is 1.70. The molecule has 1 aromatic rings. The maximum atomic E-state index is 10.7. The van der Waals surface area contributed by atoms with Crippen molar-refractivity contribution in [3.05, 3.63) is 29.3 Å². The molecule has 0 amide bonds. The number of hydrogen-bond donors (Lipinski definition) is 1. The first kappa shape index (κ1) is 15.0. The van der Waals surface area contributed by atoms with Gasteiger partial charge in [-0.3, -0.25) is 0 Å². The van der Waals surface area contributed by atoms with Crippen LogP contribution < -0.4 is 4.74 Å². The molecular weight excluding hydrogens is 244 g/mol. The smallest absolute Gasteiger partial charge is 0.347 e. The summed E-state index contributed by atoms with van der Waals surface area (Å²) in [7, 11) is 0. The Balaban J connectivity index is 0.00000196. The van der Waals surface area contributed by atoms with Gasteiger partial charge in [-0.25, -0.2) is 4.79 Å². The van der Waals surface area contributed by atoms with Gasteiger partial charge in [0.25, 0.3) is 0 Å². The molecule has 0 spiro atoms. The monoisotopic (exact) mass is 254 g/mol. The number of carboxylic acids is 1. The number of aliphatic carboxylic acids is 1. The average molecular weight is 255 g/mol. The third-order valence-corrected chi connectivity index (χ3v) is 1.95. The van der Waals surface area contributed by atoms with E-state index in [0.29, 0.717) is 10.8 Å². The summed E-state index contributed by atoms with van der Waals surface area (Å²) in [5, 5.41) is 9.39. The van der Waals surface area contributed by atoms with Gasteiger partial charge in [-0.2, -0.15) is 0 Å².